The van der Waals surface area contributed by atoms with E-state index < -0.39 is 0 Å². The molecule has 0 aliphatic carbocycles. The van der Waals surface area contributed by atoms with E-state index in [9.17, 15) is 0 Å². The molecule has 3 nitrogen and oxygen atoms in total. The minimum atomic E-state index is -0.122. The largest absolute Gasteiger partial charge is 0.494 e. The summed E-state index contributed by atoms with van der Waals surface area (Å²) >= 11 is 0. The summed E-state index contributed by atoms with van der Waals surface area (Å²) in [4.78, 5) is 0. The second kappa shape index (κ2) is 7.17. The van der Waals surface area contributed by atoms with E-state index in [1.54, 1.807) is 0 Å². The summed E-state index contributed by atoms with van der Waals surface area (Å²) in [5.74, 6) is 1.92. The van der Waals surface area contributed by atoms with Gasteiger partial charge in [0.25, 0.3) is 0 Å². The highest BCUT2D eigenvalue weighted by atomic mass is 16.5. The first kappa shape index (κ1) is 16.2. The van der Waals surface area contributed by atoms with Crippen LogP contribution in [0.15, 0.2) is 18.2 Å². The van der Waals surface area contributed by atoms with Crippen LogP contribution in [-0.4, -0.2) is 18.8 Å². The lowest BCUT2D eigenvalue weighted by Gasteiger charge is -2.38. The van der Waals surface area contributed by atoms with Gasteiger partial charge in [-0.1, -0.05) is 19.8 Å². The van der Waals surface area contributed by atoms with Gasteiger partial charge in [-0.15, -0.1) is 0 Å². The third kappa shape index (κ3) is 4.37. The van der Waals surface area contributed by atoms with Crippen LogP contribution in [0.2, 0.25) is 0 Å². The van der Waals surface area contributed by atoms with Crippen LogP contribution in [0.1, 0.15) is 65.0 Å². The minimum absolute atomic E-state index is 0.122. The molecule has 1 unspecified atom stereocenters. The molecule has 118 valence electrons. The predicted octanol–water partition coefficient (Wildman–Crippen LogP) is 4.47. The first-order chi connectivity index (χ1) is 10.1. The first-order valence-corrected chi connectivity index (χ1v) is 8.25. The Morgan fingerprint density at radius 2 is 2.10 bits per heavy atom. The maximum atomic E-state index is 6.11. The summed E-state index contributed by atoms with van der Waals surface area (Å²) in [6.07, 6.45) is 4.76. The zero-order chi connectivity index (χ0) is 15.3. The topological polar surface area (TPSA) is 30.5 Å². The number of fused-ring (bicyclic) bond motifs is 1. The molecule has 1 heterocycles. The van der Waals surface area contributed by atoms with Gasteiger partial charge in [0.1, 0.15) is 17.1 Å². The maximum absolute atomic E-state index is 6.11. The van der Waals surface area contributed by atoms with Gasteiger partial charge < -0.3 is 14.8 Å². The van der Waals surface area contributed by atoms with Crippen LogP contribution in [0.25, 0.3) is 0 Å². The Kier molecular flexibility index (Phi) is 5.51. The molecule has 0 saturated carbocycles. The van der Waals surface area contributed by atoms with Crippen molar-refractivity contribution in [2.75, 3.05) is 13.2 Å². The van der Waals surface area contributed by atoms with Crippen molar-refractivity contribution < 1.29 is 9.47 Å². The highest BCUT2D eigenvalue weighted by Crippen LogP contribution is 2.41. The van der Waals surface area contributed by atoms with Crippen molar-refractivity contribution in [2.24, 2.45) is 0 Å². The van der Waals surface area contributed by atoms with Crippen LogP contribution in [0.4, 0.5) is 0 Å². The van der Waals surface area contributed by atoms with Crippen molar-refractivity contribution in [3.05, 3.63) is 23.8 Å². The summed E-state index contributed by atoms with van der Waals surface area (Å²) in [6, 6.07) is 6.52. The van der Waals surface area contributed by atoms with Gasteiger partial charge >= 0.3 is 0 Å². The molecule has 0 radical (unpaired) electrons. The van der Waals surface area contributed by atoms with Crippen LogP contribution >= 0.6 is 0 Å². The van der Waals surface area contributed by atoms with Gasteiger partial charge in [0, 0.05) is 18.0 Å². The highest BCUT2D eigenvalue weighted by molar-refractivity contribution is 5.44. The van der Waals surface area contributed by atoms with E-state index in [0.717, 1.165) is 24.5 Å². The summed E-state index contributed by atoms with van der Waals surface area (Å²) in [7, 11) is 0. The molecule has 1 aromatic rings. The van der Waals surface area contributed by atoms with E-state index in [2.05, 4.69) is 32.2 Å². The normalized spacial score (nSPS) is 19.7. The summed E-state index contributed by atoms with van der Waals surface area (Å²) in [5.41, 5.74) is 1.11. The molecule has 0 bridgehead atoms. The van der Waals surface area contributed by atoms with E-state index in [0.29, 0.717) is 12.6 Å². The smallest absolute Gasteiger partial charge is 0.125 e. The minimum Gasteiger partial charge on any atom is -0.494 e. The maximum Gasteiger partial charge on any atom is 0.125 e. The molecular formula is C18H29NO2. The van der Waals surface area contributed by atoms with Gasteiger partial charge in [0.2, 0.25) is 0 Å². The summed E-state index contributed by atoms with van der Waals surface area (Å²) in [5, 5.41) is 3.70. The zero-order valence-electron chi connectivity index (χ0n) is 13.9. The lowest BCUT2D eigenvalue weighted by Crippen LogP contribution is -2.39. The molecule has 21 heavy (non-hydrogen) atoms. The second-order valence-corrected chi connectivity index (χ2v) is 6.41. The van der Waals surface area contributed by atoms with Crippen LogP contribution < -0.4 is 14.8 Å². The monoisotopic (exact) mass is 291 g/mol. The van der Waals surface area contributed by atoms with E-state index in [1.165, 1.54) is 24.8 Å². The third-order valence-electron chi connectivity index (χ3n) is 3.92. The van der Waals surface area contributed by atoms with Crippen molar-refractivity contribution in [1.82, 2.24) is 5.32 Å². The van der Waals surface area contributed by atoms with Gasteiger partial charge in [-0.05, 0) is 51.9 Å². The Labute approximate surface area is 129 Å². The molecule has 0 saturated heterocycles. The van der Waals surface area contributed by atoms with Crippen LogP contribution in [-0.2, 0) is 0 Å². The van der Waals surface area contributed by atoms with Crippen LogP contribution in [0.3, 0.4) is 0 Å². The van der Waals surface area contributed by atoms with Gasteiger partial charge in [-0.3, -0.25) is 0 Å². The molecule has 1 aliphatic heterocycles. The molecule has 1 atom stereocenters. The van der Waals surface area contributed by atoms with Crippen molar-refractivity contribution in [2.45, 2.75) is 65.0 Å². The van der Waals surface area contributed by atoms with Crippen molar-refractivity contribution >= 4 is 0 Å². The van der Waals surface area contributed by atoms with Crippen LogP contribution in [0.5, 0.6) is 11.5 Å². The molecule has 0 amide bonds. The quantitative estimate of drug-likeness (QED) is 0.752. The molecule has 0 spiro atoms. The van der Waals surface area contributed by atoms with E-state index in [4.69, 9.17) is 9.47 Å². The van der Waals surface area contributed by atoms with Crippen molar-refractivity contribution in [1.29, 1.82) is 0 Å². The molecule has 2 rings (SSSR count). The predicted molar refractivity (Wildman–Crippen MR) is 87.2 cm³/mol. The van der Waals surface area contributed by atoms with Crippen molar-refractivity contribution in [3.63, 3.8) is 0 Å². The van der Waals surface area contributed by atoms with E-state index in [1.807, 2.05) is 19.1 Å². The lowest BCUT2D eigenvalue weighted by atomic mass is 9.89. The fourth-order valence-electron chi connectivity index (χ4n) is 2.92. The number of rotatable bonds is 7. The Morgan fingerprint density at radius 1 is 1.29 bits per heavy atom. The van der Waals surface area contributed by atoms with Crippen molar-refractivity contribution in [3.8, 4) is 11.5 Å². The number of ether oxygens (including phenoxy) is 2. The number of hydrogen-bond acceptors (Lipinski definition) is 3. The average Bonchev–Trinajstić information content (AvgIpc) is 2.43. The Hall–Kier alpha value is -1.22. The van der Waals surface area contributed by atoms with Gasteiger partial charge in [0.15, 0.2) is 0 Å². The van der Waals surface area contributed by atoms with Gasteiger partial charge in [-0.25, -0.2) is 0 Å². The molecule has 1 aliphatic rings. The third-order valence-corrected chi connectivity index (χ3v) is 3.92. The van der Waals surface area contributed by atoms with E-state index in [-0.39, 0.29) is 5.60 Å². The summed E-state index contributed by atoms with van der Waals surface area (Å²) < 4.78 is 11.7. The molecular weight excluding hydrogens is 262 g/mol. The standard InChI is InChI=1S/C18H29NO2/c1-5-7-8-11-19-16-13-18(3,4)21-17-10-9-14(20-6-2)12-15(16)17/h9-10,12,16,19H,5-8,11,13H2,1-4H3. The number of hydrogen-bond donors (Lipinski definition) is 1. The zero-order valence-corrected chi connectivity index (χ0v) is 13.9. The number of benzene rings is 1. The van der Waals surface area contributed by atoms with Gasteiger partial charge in [0.05, 0.1) is 6.61 Å². The first-order valence-electron chi connectivity index (χ1n) is 8.25. The Morgan fingerprint density at radius 3 is 2.81 bits per heavy atom. The van der Waals surface area contributed by atoms with Crippen LogP contribution in [0, 0.1) is 0 Å². The highest BCUT2D eigenvalue weighted by Gasteiger charge is 2.33. The Balaban J connectivity index is 2.14. The number of unbranched alkanes of at least 4 members (excludes halogenated alkanes) is 2. The molecule has 0 aromatic heterocycles. The molecule has 0 fully saturated rings. The fraction of sp³-hybridized carbons (Fsp3) is 0.667. The lowest BCUT2D eigenvalue weighted by molar-refractivity contribution is 0.0658. The summed E-state index contributed by atoms with van der Waals surface area (Å²) in [6.45, 7) is 10.3. The molecule has 1 N–H and O–H groups in total. The second-order valence-electron chi connectivity index (χ2n) is 6.41. The molecule has 3 heteroatoms. The Bertz CT molecular complexity index is 457. The molecule has 1 aromatic carbocycles. The van der Waals surface area contributed by atoms with Gasteiger partial charge in [-0.2, -0.15) is 0 Å². The number of nitrogens with one attached hydrogen (secondary N) is 1. The average molecular weight is 291 g/mol. The SMILES string of the molecule is CCCCCNC1CC(C)(C)Oc2ccc(OCC)cc21. The van der Waals surface area contributed by atoms with E-state index >= 15 is 0 Å². The fourth-order valence-corrected chi connectivity index (χ4v) is 2.92.